The molecule has 2 aromatic carbocycles. The molecule has 1 aliphatic rings. The van der Waals surface area contributed by atoms with Crippen LogP contribution in [-0.2, 0) is 26.0 Å². The average Bonchev–Trinajstić information content (AvgIpc) is 2.97. The van der Waals surface area contributed by atoms with E-state index in [1.807, 2.05) is 0 Å². The van der Waals surface area contributed by atoms with Crippen LogP contribution >= 0.6 is 0 Å². The average molecular weight is 373 g/mol. The largest absolute Gasteiger partial charge is 0.326 e. The maximum atomic E-state index is 12.7. The summed E-state index contributed by atoms with van der Waals surface area (Å²) in [5.74, 6) is -0.300. The Morgan fingerprint density at radius 1 is 1.04 bits per heavy atom. The van der Waals surface area contributed by atoms with E-state index in [0.29, 0.717) is 24.3 Å². The zero-order valence-electron chi connectivity index (χ0n) is 14.4. The van der Waals surface area contributed by atoms with E-state index in [1.165, 1.54) is 19.9 Å². The lowest BCUT2D eigenvalue weighted by Gasteiger charge is -2.15. The summed E-state index contributed by atoms with van der Waals surface area (Å²) in [5.41, 5.74) is 2.44. The van der Waals surface area contributed by atoms with Gasteiger partial charge in [-0.15, -0.1) is 0 Å². The third kappa shape index (κ3) is 3.70. The number of amides is 2. The van der Waals surface area contributed by atoms with Gasteiger partial charge in [0.15, 0.2) is 0 Å². The second-order valence-corrected chi connectivity index (χ2v) is 7.76. The molecule has 1 heterocycles. The number of anilines is 3. The molecule has 8 heteroatoms. The van der Waals surface area contributed by atoms with E-state index in [9.17, 15) is 18.0 Å². The number of nitrogens with zero attached hydrogens (tertiary/aromatic N) is 1. The number of nitrogens with one attached hydrogen (secondary N) is 2. The summed E-state index contributed by atoms with van der Waals surface area (Å²) in [6.07, 6.45) is 0.621. The van der Waals surface area contributed by atoms with E-state index >= 15 is 0 Å². The minimum atomic E-state index is -3.78. The molecule has 0 aromatic heterocycles. The first-order chi connectivity index (χ1) is 12.3. The fourth-order valence-electron chi connectivity index (χ4n) is 2.95. The quantitative estimate of drug-likeness (QED) is 0.860. The third-order valence-electron chi connectivity index (χ3n) is 4.07. The predicted molar refractivity (Wildman–Crippen MR) is 99.7 cm³/mol. The van der Waals surface area contributed by atoms with Gasteiger partial charge in [-0.3, -0.25) is 14.3 Å². The molecule has 2 N–H and O–H groups in total. The van der Waals surface area contributed by atoms with Crippen LogP contribution in [0.15, 0.2) is 47.4 Å². The van der Waals surface area contributed by atoms with Crippen LogP contribution in [0.25, 0.3) is 0 Å². The number of benzene rings is 2. The Bertz CT molecular complexity index is 986. The number of carbonyl (C=O) groups is 2. The Kier molecular flexibility index (Phi) is 4.69. The molecule has 2 amide bonds. The van der Waals surface area contributed by atoms with Crippen molar-refractivity contribution < 1.29 is 18.0 Å². The number of sulfonamides is 1. The Morgan fingerprint density at radius 3 is 2.46 bits per heavy atom. The molecule has 0 atom stereocenters. The molecule has 0 aliphatic carbocycles. The van der Waals surface area contributed by atoms with Crippen LogP contribution in [0.1, 0.15) is 19.4 Å². The van der Waals surface area contributed by atoms with Gasteiger partial charge < -0.3 is 10.2 Å². The molecule has 26 heavy (non-hydrogen) atoms. The summed E-state index contributed by atoms with van der Waals surface area (Å²) in [6, 6.07) is 11.2. The first kappa shape index (κ1) is 17.9. The van der Waals surface area contributed by atoms with Crippen molar-refractivity contribution in [1.29, 1.82) is 0 Å². The van der Waals surface area contributed by atoms with Gasteiger partial charge in [0.05, 0.1) is 10.6 Å². The van der Waals surface area contributed by atoms with Crippen LogP contribution in [0.4, 0.5) is 17.1 Å². The molecule has 0 saturated heterocycles. The molecular formula is C18H19N3O4S. The Balaban J connectivity index is 1.85. The summed E-state index contributed by atoms with van der Waals surface area (Å²) >= 11 is 0. The number of hydrogen-bond donors (Lipinski definition) is 2. The third-order valence-corrected chi connectivity index (χ3v) is 5.45. The van der Waals surface area contributed by atoms with Gasteiger partial charge in [-0.1, -0.05) is 6.07 Å². The summed E-state index contributed by atoms with van der Waals surface area (Å²) in [6.45, 7) is 3.43. The van der Waals surface area contributed by atoms with E-state index in [1.54, 1.807) is 41.3 Å². The zero-order valence-corrected chi connectivity index (χ0v) is 15.3. The van der Waals surface area contributed by atoms with E-state index in [-0.39, 0.29) is 16.7 Å². The van der Waals surface area contributed by atoms with Crippen molar-refractivity contribution in [2.45, 2.75) is 25.2 Å². The van der Waals surface area contributed by atoms with Gasteiger partial charge in [0.2, 0.25) is 11.8 Å². The number of hydrogen-bond acceptors (Lipinski definition) is 4. The lowest BCUT2D eigenvalue weighted by atomic mass is 10.2. The Hall–Kier alpha value is -2.87. The number of rotatable bonds is 4. The smallest absolute Gasteiger partial charge is 0.261 e. The van der Waals surface area contributed by atoms with Gasteiger partial charge in [-0.25, -0.2) is 8.42 Å². The van der Waals surface area contributed by atoms with E-state index in [4.69, 9.17) is 0 Å². The van der Waals surface area contributed by atoms with Crippen molar-refractivity contribution in [3.8, 4) is 0 Å². The number of carbonyl (C=O) groups excluding carboxylic acids is 2. The molecule has 0 spiro atoms. The van der Waals surface area contributed by atoms with Gasteiger partial charge in [-0.05, 0) is 48.4 Å². The van der Waals surface area contributed by atoms with Gasteiger partial charge >= 0.3 is 0 Å². The molecule has 3 rings (SSSR count). The lowest BCUT2D eigenvalue weighted by Crippen LogP contribution is -2.25. The van der Waals surface area contributed by atoms with Gasteiger partial charge in [0, 0.05) is 31.8 Å². The Labute approximate surface area is 152 Å². The molecule has 0 bridgehead atoms. The molecule has 0 radical (unpaired) electrons. The highest BCUT2D eigenvalue weighted by Crippen LogP contribution is 2.31. The van der Waals surface area contributed by atoms with Crippen LogP contribution in [0.2, 0.25) is 0 Å². The molecule has 7 nitrogen and oxygen atoms in total. The van der Waals surface area contributed by atoms with Gasteiger partial charge in [-0.2, -0.15) is 0 Å². The van der Waals surface area contributed by atoms with Crippen molar-refractivity contribution in [3.63, 3.8) is 0 Å². The minimum Gasteiger partial charge on any atom is -0.326 e. The molecular weight excluding hydrogens is 354 g/mol. The molecule has 0 saturated carbocycles. The molecule has 136 valence electrons. The van der Waals surface area contributed by atoms with Crippen molar-refractivity contribution in [3.05, 3.63) is 48.0 Å². The standard InChI is InChI=1S/C18H19N3O4S/c1-12(22)19-15-4-3-5-16(11-15)20-26(24,25)17-6-7-18-14(10-17)8-9-21(18)13(2)23/h3-7,10-11,20H,8-9H2,1-2H3,(H,19,22). The minimum absolute atomic E-state index is 0.0627. The fraction of sp³-hybridized carbons (Fsp3) is 0.222. The summed E-state index contributed by atoms with van der Waals surface area (Å²) in [4.78, 5) is 24.5. The molecule has 0 fully saturated rings. The highest BCUT2D eigenvalue weighted by Gasteiger charge is 2.24. The molecule has 1 aliphatic heterocycles. The normalized spacial score (nSPS) is 13.2. The van der Waals surface area contributed by atoms with Crippen LogP contribution < -0.4 is 14.9 Å². The van der Waals surface area contributed by atoms with Crippen LogP contribution in [0.5, 0.6) is 0 Å². The highest BCUT2D eigenvalue weighted by atomic mass is 32.2. The van der Waals surface area contributed by atoms with Crippen molar-refractivity contribution >= 4 is 38.9 Å². The molecule has 2 aromatic rings. The maximum absolute atomic E-state index is 12.7. The predicted octanol–water partition coefficient (Wildman–Crippen LogP) is 2.35. The fourth-order valence-corrected chi connectivity index (χ4v) is 4.05. The monoisotopic (exact) mass is 373 g/mol. The van der Waals surface area contributed by atoms with Crippen molar-refractivity contribution in [1.82, 2.24) is 0 Å². The second-order valence-electron chi connectivity index (χ2n) is 6.08. The first-order valence-electron chi connectivity index (χ1n) is 8.08. The van der Waals surface area contributed by atoms with E-state index < -0.39 is 10.0 Å². The lowest BCUT2D eigenvalue weighted by molar-refractivity contribution is -0.116. The van der Waals surface area contributed by atoms with Gasteiger partial charge in [0.1, 0.15) is 0 Å². The highest BCUT2D eigenvalue weighted by molar-refractivity contribution is 7.92. The molecule has 0 unspecified atom stereocenters. The number of fused-ring (bicyclic) bond motifs is 1. The summed E-state index contributed by atoms with van der Waals surface area (Å²) in [7, 11) is -3.78. The zero-order chi connectivity index (χ0) is 18.9. The van der Waals surface area contributed by atoms with Crippen molar-refractivity contribution in [2.24, 2.45) is 0 Å². The van der Waals surface area contributed by atoms with Crippen LogP contribution in [-0.4, -0.2) is 26.8 Å². The van der Waals surface area contributed by atoms with Crippen molar-refractivity contribution in [2.75, 3.05) is 21.5 Å². The topological polar surface area (TPSA) is 95.6 Å². The van der Waals surface area contributed by atoms with Gasteiger partial charge in [0.25, 0.3) is 10.0 Å². The summed E-state index contributed by atoms with van der Waals surface area (Å²) in [5, 5.41) is 2.61. The first-order valence-corrected chi connectivity index (χ1v) is 9.56. The van der Waals surface area contributed by atoms with Crippen LogP contribution in [0, 0.1) is 0 Å². The summed E-state index contributed by atoms with van der Waals surface area (Å²) < 4.78 is 27.9. The Morgan fingerprint density at radius 2 is 1.77 bits per heavy atom. The SMILES string of the molecule is CC(=O)Nc1cccc(NS(=O)(=O)c2ccc3c(c2)CCN3C(C)=O)c1. The van der Waals surface area contributed by atoms with E-state index in [2.05, 4.69) is 10.0 Å². The maximum Gasteiger partial charge on any atom is 0.261 e. The second kappa shape index (κ2) is 6.80. The van der Waals surface area contributed by atoms with Crippen LogP contribution in [0.3, 0.4) is 0 Å². The van der Waals surface area contributed by atoms with E-state index in [0.717, 1.165) is 11.3 Å².